The predicted octanol–water partition coefficient (Wildman–Crippen LogP) is 8.81. The maximum Gasteiger partial charge on any atom is 0.127 e. The summed E-state index contributed by atoms with van der Waals surface area (Å²) < 4.78 is 18.1. The lowest BCUT2D eigenvalue weighted by molar-refractivity contribution is 0.234. The summed E-state index contributed by atoms with van der Waals surface area (Å²) in [5.74, 6) is 2.89. The zero-order valence-corrected chi connectivity index (χ0v) is 27.0. The van der Waals surface area contributed by atoms with Crippen LogP contribution in [0.2, 0.25) is 0 Å². The van der Waals surface area contributed by atoms with Crippen LogP contribution < -0.4 is 14.2 Å². The molecule has 0 amide bonds. The minimum atomic E-state index is -0.0271. The quantitative estimate of drug-likeness (QED) is 0.269. The number of methoxy groups -OCH3 is 3. The van der Waals surface area contributed by atoms with E-state index in [-0.39, 0.29) is 16.2 Å². The molecule has 218 valence electrons. The number of para-hydroxylation sites is 3. The number of rotatable bonds is 9. The van der Waals surface area contributed by atoms with Crippen molar-refractivity contribution in [2.75, 3.05) is 21.3 Å². The van der Waals surface area contributed by atoms with Gasteiger partial charge in [0.2, 0.25) is 0 Å². The normalized spacial score (nSPS) is 12.5. The van der Waals surface area contributed by atoms with E-state index in [4.69, 9.17) is 14.2 Å². The van der Waals surface area contributed by atoms with E-state index in [0.29, 0.717) is 0 Å². The van der Waals surface area contributed by atoms with Gasteiger partial charge >= 0.3 is 0 Å². The third kappa shape index (κ3) is 7.20. The molecule has 0 fully saturated rings. The van der Waals surface area contributed by atoms with Crippen LogP contribution in [0.15, 0.2) is 54.6 Å². The molecule has 0 unspecified atom stereocenters. The summed E-state index contributed by atoms with van der Waals surface area (Å²) in [5.41, 5.74) is 7.08. The number of hydrogen-bond acceptors (Lipinski definition) is 4. The minimum Gasteiger partial charge on any atom is -0.496 e. The smallest absolute Gasteiger partial charge is 0.127 e. The third-order valence-corrected chi connectivity index (χ3v) is 7.51. The Kier molecular flexibility index (Phi) is 9.67. The van der Waals surface area contributed by atoms with Crippen molar-refractivity contribution in [1.82, 2.24) is 4.90 Å². The van der Waals surface area contributed by atoms with Crippen LogP contribution in [0.25, 0.3) is 0 Å². The van der Waals surface area contributed by atoms with E-state index in [9.17, 15) is 0 Å². The third-order valence-electron chi connectivity index (χ3n) is 7.51. The molecule has 0 bridgehead atoms. The molecule has 3 aromatic rings. The van der Waals surface area contributed by atoms with Crippen molar-refractivity contribution in [3.63, 3.8) is 0 Å². The molecule has 0 aromatic heterocycles. The van der Waals surface area contributed by atoms with Gasteiger partial charge < -0.3 is 14.2 Å². The van der Waals surface area contributed by atoms with Crippen LogP contribution in [0.3, 0.4) is 0 Å². The highest BCUT2D eigenvalue weighted by molar-refractivity contribution is 5.48. The monoisotopic (exact) mass is 545 g/mol. The first-order chi connectivity index (χ1) is 18.6. The minimum absolute atomic E-state index is 0.0271. The number of nitrogens with zero attached hydrogens (tertiary/aromatic N) is 1. The predicted molar refractivity (Wildman–Crippen MR) is 168 cm³/mol. The van der Waals surface area contributed by atoms with Gasteiger partial charge in [0.1, 0.15) is 17.2 Å². The van der Waals surface area contributed by atoms with Crippen LogP contribution in [-0.2, 0) is 35.9 Å². The Bertz CT molecular complexity index is 1130. The molecule has 0 saturated heterocycles. The van der Waals surface area contributed by atoms with E-state index < -0.39 is 0 Å². The van der Waals surface area contributed by atoms with Crippen molar-refractivity contribution in [2.24, 2.45) is 0 Å². The van der Waals surface area contributed by atoms with Gasteiger partial charge in [-0.1, -0.05) is 117 Å². The molecule has 0 heterocycles. The van der Waals surface area contributed by atoms with Crippen LogP contribution in [-0.4, -0.2) is 26.2 Å². The molecule has 0 N–H and O–H groups in total. The Morgan fingerprint density at radius 1 is 0.450 bits per heavy atom. The van der Waals surface area contributed by atoms with Gasteiger partial charge in [-0.2, -0.15) is 0 Å². The Hall–Kier alpha value is -2.98. The Labute approximate surface area is 243 Å². The molecule has 0 saturated carbocycles. The van der Waals surface area contributed by atoms with Crippen LogP contribution in [0.1, 0.15) is 95.7 Å². The van der Waals surface area contributed by atoms with Crippen molar-refractivity contribution in [3.8, 4) is 17.2 Å². The van der Waals surface area contributed by atoms with Gasteiger partial charge in [-0.3, -0.25) is 4.90 Å². The summed E-state index contributed by atoms with van der Waals surface area (Å²) >= 11 is 0. The number of ether oxygens (including phenoxy) is 3. The van der Waals surface area contributed by atoms with Crippen molar-refractivity contribution in [3.05, 3.63) is 88.0 Å². The average Bonchev–Trinajstić information content (AvgIpc) is 2.86. The molecule has 0 radical (unpaired) electrons. The van der Waals surface area contributed by atoms with Crippen molar-refractivity contribution in [2.45, 2.75) is 98.2 Å². The van der Waals surface area contributed by atoms with Crippen molar-refractivity contribution in [1.29, 1.82) is 0 Å². The first kappa shape index (κ1) is 31.5. The van der Waals surface area contributed by atoms with Gasteiger partial charge in [-0.15, -0.1) is 0 Å². The molecule has 3 aromatic carbocycles. The van der Waals surface area contributed by atoms with E-state index in [1.165, 1.54) is 33.4 Å². The fourth-order valence-electron chi connectivity index (χ4n) is 5.51. The van der Waals surface area contributed by atoms with E-state index in [0.717, 1.165) is 36.9 Å². The Morgan fingerprint density at radius 2 is 0.700 bits per heavy atom. The van der Waals surface area contributed by atoms with Crippen molar-refractivity contribution >= 4 is 0 Å². The first-order valence-corrected chi connectivity index (χ1v) is 14.3. The first-order valence-electron chi connectivity index (χ1n) is 14.3. The summed E-state index contributed by atoms with van der Waals surface area (Å²) in [6.45, 7) is 22.3. The highest BCUT2D eigenvalue weighted by atomic mass is 16.5. The molecule has 4 heteroatoms. The van der Waals surface area contributed by atoms with E-state index in [1.807, 2.05) is 0 Å². The summed E-state index contributed by atoms with van der Waals surface area (Å²) in [4.78, 5) is 2.47. The molecule has 0 aliphatic rings. The molecule has 4 nitrogen and oxygen atoms in total. The second-order valence-electron chi connectivity index (χ2n) is 13.9. The maximum atomic E-state index is 6.05. The second kappa shape index (κ2) is 12.3. The van der Waals surface area contributed by atoms with Gasteiger partial charge in [0, 0.05) is 36.3 Å². The lowest BCUT2D eigenvalue weighted by Gasteiger charge is -2.30. The van der Waals surface area contributed by atoms with Crippen LogP contribution in [0, 0.1) is 0 Å². The van der Waals surface area contributed by atoms with Gasteiger partial charge in [-0.05, 0) is 32.9 Å². The molecule has 40 heavy (non-hydrogen) atoms. The van der Waals surface area contributed by atoms with Crippen LogP contribution in [0.5, 0.6) is 17.2 Å². The summed E-state index contributed by atoms with van der Waals surface area (Å²) in [7, 11) is 5.35. The molecule has 0 aliphatic heterocycles. The molecule has 0 spiro atoms. The lowest BCUT2D eigenvalue weighted by Crippen LogP contribution is -2.25. The SMILES string of the molecule is COc1c(CN(Cc2cccc(C(C)(C)C)c2OC)Cc2cccc(C(C)(C)C)c2OC)cccc1C(C)(C)C. The van der Waals surface area contributed by atoms with E-state index in [1.54, 1.807) is 21.3 Å². The van der Waals surface area contributed by atoms with Gasteiger partial charge in [-0.25, -0.2) is 0 Å². The molecular weight excluding hydrogens is 494 g/mol. The highest BCUT2D eigenvalue weighted by Crippen LogP contribution is 2.39. The zero-order chi connectivity index (χ0) is 29.9. The Balaban J connectivity index is 2.15. The molecule has 0 atom stereocenters. The van der Waals surface area contributed by atoms with Crippen LogP contribution >= 0.6 is 0 Å². The van der Waals surface area contributed by atoms with Gasteiger partial charge in [0.25, 0.3) is 0 Å². The number of hydrogen-bond donors (Lipinski definition) is 0. The average molecular weight is 546 g/mol. The number of benzene rings is 3. The zero-order valence-electron chi connectivity index (χ0n) is 27.0. The van der Waals surface area contributed by atoms with Gasteiger partial charge in [0.05, 0.1) is 21.3 Å². The topological polar surface area (TPSA) is 30.9 Å². The standard InChI is InChI=1S/C36H51NO3/c1-34(2,3)28-19-13-16-25(31(28)38-10)22-37(23-26-17-14-20-29(32(26)39-11)35(4,5)6)24-27-18-15-21-30(33(27)40-12)36(7,8)9/h13-21H,22-24H2,1-12H3. The second-order valence-corrected chi connectivity index (χ2v) is 13.9. The fourth-order valence-corrected chi connectivity index (χ4v) is 5.51. The maximum absolute atomic E-state index is 6.05. The summed E-state index contributed by atoms with van der Waals surface area (Å²) in [6, 6.07) is 19.6. The summed E-state index contributed by atoms with van der Waals surface area (Å²) in [5, 5.41) is 0. The lowest BCUT2D eigenvalue weighted by atomic mass is 9.84. The largest absolute Gasteiger partial charge is 0.496 e. The molecule has 0 aliphatic carbocycles. The van der Waals surface area contributed by atoms with E-state index >= 15 is 0 Å². The van der Waals surface area contributed by atoms with Gasteiger partial charge in [0.15, 0.2) is 0 Å². The van der Waals surface area contributed by atoms with E-state index in [2.05, 4.69) is 122 Å². The van der Waals surface area contributed by atoms with Crippen molar-refractivity contribution < 1.29 is 14.2 Å². The molecular formula is C36H51NO3. The fraction of sp³-hybridized carbons (Fsp3) is 0.500. The highest BCUT2D eigenvalue weighted by Gasteiger charge is 2.26. The summed E-state index contributed by atoms with van der Waals surface area (Å²) in [6.07, 6.45) is 0. The Morgan fingerprint density at radius 3 is 0.900 bits per heavy atom. The molecule has 3 rings (SSSR count). The van der Waals surface area contributed by atoms with Crippen LogP contribution in [0.4, 0.5) is 0 Å².